The summed E-state index contributed by atoms with van der Waals surface area (Å²) in [4.78, 5) is 2.54. The largest absolute Gasteiger partial charge is 0.333 e. The van der Waals surface area contributed by atoms with Gasteiger partial charge in [0.25, 0.3) is 0 Å². The van der Waals surface area contributed by atoms with Crippen molar-refractivity contribution in [2.75, 3.05) is 4.90 Å². The monoisotopic (exact) mass is 806 g/mol. The number of benzene rings is 7. The zero-order chi connectivity index (χ0) is 41.5. The molecular formula is C61H46N2. The van der Waals surface area contributed by atoms with Gasteiger partial charge in [0.05, 0.1) is 22.5 Å². The molecule has 2 heteroatoms. The van der Waals surface area contributed by atoms with Crippen LogP contribution in [0.5, 0.6) is 0 Å². The Bertz CT molecular complexity index is 3320. The number of hydrogen-bond acceptors (Lipinski definition) is 1. The molecule has 0 fully saturated rings. The van der Waals surface area contributed by atoms with Crippen LogP contribution in [0, 0.1) is 5.92 Å². The van der Waals surface area contributed by atoms with E-state index in [1.165, 1.54) is 89.0 Å². The molecule has 13 rings (SSSR count). The third kappa shape index (κ3) is 5.44. The second-order valence-electron chi connectivity index (χ2n) is 17.9. The minimum absolute atomic E-state index is 0.222. The highest BCUT2D eigenvalue weighted by Crippen LogP contribution is 2.60. The summed E-state index contributed by atoms with van der Waals surface area (Å²) in [6.07, 6.45) is 25.7. The number of para-hydroxylation sites is 2. The lowest BCUT2D eigenvalue weighted by molar-refractivity contribution is 0.456. The van der Waals surface area contributed by atoms with Crippen molar-refractivity contribution in [1.82, 2.24) is 4.57 Å². The van der Waals surface area contributed by atoms with E-state index in [0.717, 1.165) is 12.8 Å². The Morgan fingerprint density at radius 1 is 0.524 bits per heavy atom. The number of aromatic nitrogens is 1. The van der Waals surface area contributed by atoms with Crippen LogP contribution in [0.3, 0.4) is 0 Å². The molecular weight excluding hydrogens is 761 g/mol. The molecule has 300 valence electrons. The molecule has 5 aliphatic rings. The maximum Gasteiger partial charge on any atom is 0.0630 e. The standard InChI is InChI=1S/C61H46N2/c1-4-17-41(18-5-1)42-32-35-58-53(37-42)54-38-43(33-36-59(54)62(58)47-22-8-3-9-23-47)44-31-34-52-51-27-12-15-30-57(51)63(60(52)39-44)48-24-16-21-46(40-48)61(45-19-6-2-7-20-45)55-28-13-10-25-49(55)50-26-11-14-29-56(50)61/h1-4,6-17,19-40,49,53,55,58H,5,18H2. The van der Waals surface area contributed by atoms with Crippen LogP contribution in [0.1, 0.15) is 52.5 Å². The summed E-state index contributed by atoms with van der Waals surface area (Å²) in [5, 5.41) is 2.53. The van der Waals surface area contributed by atoms with E-state index in [2.05, 4.69) is 240 Å². The van der Waals surface area contributed by atoms with Crippen molar-refractivity contribution in [3.8, 4) is 16.8 Å². The van der Waals surface area contributed by atoms with E-state index < -0.39 is 0 Å². The first-order chi connectivity index (χ1) is 31.3. The first kappa shape index (κ1) is 36.3. The summed E-state index contributed by atoms with van der Waals surface area (Å²) in [5.41, 5.74) is 17.9. The number of allylic oxidation sites excluding steroid dienone is 10. The fraction of sp³-hybridized carbons (Fsp3) is 0.115. The zero-order valence-electron chi connectivity index (χ0n) is 35.1. The zero-order valence-corrected chi connectivity index (χ0v) is 35.1. The van der Waals surface area contributed by atoms with Crippen LogP contribution < -0.4 is 4.90 Å². The second-order valence-corrected chi connectivity index (χ2v) is 17.9. The molecule has 8 aromatic rings. The third-order valence-electron chi connectivity index (χ3n) is 14.7. The Morgan fingerprint density at radius 2 is 1.27 bits per heavy atom. The van der Waals surface area contributed by atoms with E-state index in [9.17, 15) is 0 Å². The van der Waals surface area contributed by atoms with E-state index >= 15 is 0 Å². The van der Waals surface area contributed by atoms with Crippen molar-refractivity contribution in [3.05, 3.63) is 270 Å². The van der Waals surface area contributed by atoms with Gasteiger partial charge >= 0.3 is 0 Å². The van der Waals surface area contributed by atoms with Crippen molar-refractivity contribution >= 4 is 33.2 Å². The third-order valence-corrected chi connectivity index (χ3v) is 14.7. The minimum Gasteiger partial charge on any atom is -0.333 e. The molecule has 0 radical (unpaired) electrons. The average Bonchev–Trinajstić information content (AvgIpc) is 3.98. The van der Waals surface area contributed by atoms with E-state index in [0.29, 0.717) is 5.92 Å². The van der Waals surface area contributed by atoms with Crippen molar-refractivity contribution < 1.29 is 0 Å². The number of anilines is 2. The fourth-order valence-electron chi connectivity index (χ4n) is 12.1. The van der Waals surface area contributed by atoms with E-state index in [4.69, 9.17) is 0 Å². The van der Waals surface area contributed by atoms with Crippen LogP contribution in [-0.2, 0) is 5.41 Å². The van der Waals surface area contributed by atoms with E-state index in [1.54, 1.807) is 0 Å². The topological polar surface area (TPSA) is 8.17 Å². The van der Waals surface area contributed by atoms with Gasteiger partial charge in [-0.1, -0.05) is 182 Å². The highest BCUT2D eigenvalue weighted by atomic mass is 15.2. The predicted octanol–water partition coefficient (Wildman–Crippen LogP) is 15.0. The minimum atomic E-state index is -0.355. The Hall–Kier alpha value is -7.42. The number of hydrogen-bond donors (Lipinski definition) is 0. The molecule has 2 heterocycles. The maximum atomic E-state index is 2.54. The molecule has 0 spiro atoms. The van der Waals surface area contributed by atoms with Crippen LogP contribution in [-0.4, -0.2) is 10.6 Å². The Balaban J connectivity index is 0.977. The predicted molar refractivity (Wildman–Crippen MR) is 262 cm³/mol. The quantitative estimate of drug-likeness (QED) is 0.162. The Kier molecular flexibility index (Phi) is 8.24. The Labute approximate surface area is 369 Å². The molecule has 0 amide bonds. The SMILES string of the molecule is C1=CCCC(C2=CC3c4cc(-c5ccc6c7ccccc7n(-c7cccc(C8(c9ccccc9)c9ccccc9C9C=CC=CC98)c7)c6c5)ccc4N(c4ccccc4)C3C=C2)=C1. The normalized spacial score (nSPS) is 22.8. The molecule has 5 atom stereocenters. The van der Waals surface area contributed by atoms with Crippen LogP contribution in [0.4, 0.5) is 11.4 Å². The average molecular weight is 807 g/mol. The summed E-state index contributed by atoms with van der Waals surface area (Å²) in [6.45, 7) is 0. The summed E-state index contributed by atoms with van der Waals surface area (Å²) in [5.74, 6) is 0.805. The van der Waals surface area contributed by atoms with Crippen LogP contribution in [0.25, 0.3) is 38.6 Å². The highest BCUT2D eigenvalue weighted by molar-refractivity contribution is 6.10. The van der Waals surface area contributed by atoms with Crippen LogP contribution >= 0.6 is 0 Å². The van der Waals surface area contributed by atoms with Crippen LogP contribution in [0.2, 0.25) is 0 Å². The smallest absolute Gasteiger partial charge is 0.0630 e. The lowest BCUT2D eigenvalue weighted by atomic mass is 9.63. The van der Waals surface area contributed by atoms with Crippen molar-refractivity contribution in [3.63, 3.8) is 0 Å². The molecule has 4 aliphatic carbocycles. The Morgan fingerprint density at radius 3 is 2.16 bits per heavy atom. The fourth-order valence-corrected chi connectivity index (χ4v) is 12.1. The van der Waals surface area contributed by atoms with E-state index in [1.807, 2.05) is 0 Å². The molecule has 5 unspecified atom stereocenters. The number of fused-ring (bicyclic) bond motifs is 9. The summed E-state index contributed by atoms with van der Waals surface area (Å²) in [7, 11) is 0. The van der Waals surface area contributed by atoms with Gasteiger partial charge in [-0.2, -0.15) is 0 Å². The molecule has 0 saturated carbocycles. The number of nitrogens with zero attached hydrogens (tertiary/aromatic N) is 2. The van der Waals surface area contributed by atoms with Gasteiger partial charge < -0.3 is 9.47 Å². The lowest BCUT2D eigenvalue weighted by Gasteiger charge is -2.39. The van der Waals surface area contributed by atoms with Crippen molar-refractivity contribution in [1.29, 1.82) is 0 Å². The van der Waals surface area contributed by atoms with E-state index in [-0.39, 0.29) is 23.3 Å². The molecule has 0 N–H and O–H groups in total. The summed E-state index contributed by atoms with van der Waals surface area (Å²) >= 11 is 0. The van der Waals surface area contributed by atoms with Crippen molar-refractivity contribution in [2.45, 2.75) is 36.1 Å². The molecule has 7 aromatic carbocycles. The van der Waals surface area contributed by atoms with Gasteiger partial charge in [-0.3, -0.25) is 0 Å². The van der Waals surface area contributed by atoms with Gasteiger partial charge in [-0.05, 0) is 111 Å². The number of rotatable bonds is 6. The maximum absolute atomic E-state index is 2.54. The summed E-state index contributed by atoms with van der Waals surface area (Å²) in [6, 6.07) is 64.2. The van der Waals surface area contributed by atoms with Gasteiger partial charge in [0.2, 0.25) is 0 Å². The van der Waals surface area contributed by atoms with Crippen LogP contribution in [0.15, 0.2) is 242 Å². The molecule has 1 aromatic heterocycles. The second kappa shape index (κ2) is 14.3. The van der Waals surface area contributed by atoms with Gasteiger partial charge in [0.15, 0.2) is 0 Å². The van der Waals surface area contributed by atoms with Gasteiger partial charge in [-0.25, -0.2) is 0 Å². The molecule has 1 aliphatic heterocycles. The van der Waals surface area contributed by atoms with Gasteiger partial charge in [0.1, 0.15) is 0 Å². The molecule has 0 bridgehead atoms. The molecule has 2 nitrogen and oxygen atoms in total. The molecule has 0 saturated heterocycles. The lowest BCUT2D eigenvalue weighted by Crippen LogP contribution is -2.35. The highest BCUT2D eigenvalue weighted by Gasteiger charge is 2.52. The van der Waals surface area contributed by atoms with Gasteiger partial charge in [0, 0.05) is 45.6 Å². The summed E-state index contributed by atoms with van der Waals surface area (Å²) < 4.78 is 2.51. The van der Waals surface area contributed by atoms with Gasteiger partial charge in [-0.15, -0.1) is 0 Å². The van der Waals surface area contributed by atoms with Crippen molar-refractivity contribution in [2.24, 2.45) is 5.92 Å². The first-order valence-electron chi connectivity index (χ1n) is 22.6. The molecule has 63 heavy (non-hydrogen) atoms. The first-order valence-corrected chi connectivity index (χ1v) is 22.6.